The number of aromatic nitrogens is 1. The molecule has 1 heterocycles. The Labute approximate surface area is 101 Å². The number of anilines is 1. The fraction of sp³-hybridized carbons (Fsp3) is 0.583. The number of rotatable bonds is 2. The Morgan fingerprint density at radius 3 is 2.62 bits per heavy atom. The van der Waals surface area contributed by atoms with Crippen molar-refractivity contribution in [1.82, 2.24) is 4.98 Å². The van der Waals surface area contributed by atoms with Crippen LogP contribution in [0.3, 0.4) is 0 Å². The van der Waals surface area contributed by atoms with Gasteiger partial charge in [-0.15, -0.1) is 0 Å². The van der Waals surface area contributed by atoms with Crippen LogP contribution in [-0.4, -0.2) is 11.1 Å². The Morgan fingerprint density at radius 2 is 2.00 bits per heavy atom. The molecule has 0 saturated heterocycles. The molecule has 3 nitrogen and oxygen atoms in total. The van der Waals surface area contributed by atoms with Gasteiger partial charge in [0.15, 0.2) is 0 Å². The van der Waals surface area contributed by atoms with Crippen LogP contribution in [0.25, 0.3) is 0 Å². The third-order valence-electron chi connectivity index (χ3n) is 3.04. The average molecular weight is 241 g/mol. The molecule has 0 unspecified atom stereocenters. The average Bonchev–Trinajstić information content (AvgIpc) is 2.20. The molecule has 1 aliphatic carbocycles. The van der Waals surface area contributed by atoms with Crippen LogP contribution in [0.1, 0.15) is 32.6 Å². The topological polar surface area (TPSA) is 48.1 Å². The smallest absolute Gasteiger partial charge is 0.217 e. The van der Waals surface area contributed by atoms with Crippen LogP contribution in [-0.2, 0) is 0 Å². The minimum atomic E-state index is 0.265. The van der Waals surface area contributed by atoms with Gasteiger partial charge in [-0.05, 0) is 37.7 Å². The molecule has 2 rings (SSSR count). The summed E-state index contributed by atoms with van der Waals surface area (Å²) in [6, 6.07) is 3.35. The molecule has 16 heavy (non-hydrogen) atoms. The summed E-state index contributed by atoms with van der Waals surface area (Å²) in [4.78, 5) is 4.11. The molecule has 0 bridgehead atoms. The van der Waals surface area contributed by atoms with Crippen LogP contribution in [0.4, 0.5) is 5.69 Å². The number of nitrogens with zero attached hydrogens (tertiary/aromatic N) is 1. The molecule has 0 amide bonds. The van der Waals surface area contributed by atoms with Crippen LogP contribution in [0.5, 0.6) is 5.88 Å². The predicted molar refractivity (Wildman–Crippen MR) is 65.7 cm³/mol. The second-order valence-corrected chi connectivity index (χ2v) is 4.95. The van der Waals surface area contributed by atoms with E-state index in [1.807, 2.05) is 0 Å². The van der Waals surface area contributed by atoms with E-state index in [9.17, 15) is 0 Å². The van der Waals surface area contributed by atoms with Gasteiger partial charge in [0, 0.05) is 11.8 Å². The van der Waals surface area contributed by atoms with Crippen LogP contribution < -0.4 is 10.5 Å². The van der Waals surface area contributed by atoms with Crippen molar-refractivity contribution >= 4 is 17.3 Å². The zero-order valence-corrected chi connectivity index (χ0v) is 10.2. The van der Waals surface area contributed by atoms with Crippen LogP contribution in [0, 0.1) is 5.92 Å². The first kappa shape index (κ1) is 11.5. The number of nitrogens with two attached hydrogens (primary N) is 1. The van der Waals surface area contributed by atoms with Gasteiger partial charge in [0.05, 0.1) is 0 Å². The Bertz CT molecular complexity index is 342. The summed E-state index contributed by atoms with van der Waals surface area (Å²) in [7, 11) is 0. The van der Waals surface area contributed by atoms with E-state index >= 15 is 0 Å². The van der Waals surface area contributed by atoms with Crippen molar-refractivity contribution in [3.8, 4) is 5.88 Å². The second kappa shape index (κ2) is 4.91. The molecule has 0 aliphatic heterocycles. The summed E-state index contributed by atoms with van der Waals surface area (Å²) in [5.74, 6) is 1.36. The van der Waals surface area contributed by atoms with Crippen molar-refractivity contribution in [1.29, 1.82) is 0 Å². The Hall–Kier alpha value is -0.960. The highest BCUT2D eigenvalue weighted by molar-refractivity contribution is 6.29. The van der Waals surface area contributed by atoms with Crippen molar-refractivity contribution in [2.75, 3.05) is 5.73 Å². The van der Waals surface area contributed by atoms with Crippen LogP contribution in [0.2, 0.25) is 5.15 Å². The fourth-order valence-corrected chi connectivity index (χ4v) is 2.28. The molecule has 0 radical (unpaired) electrons. The number of hydrogen-bond donors (Lipinski definition) is 1. The van der Waals surface area contributed by atoms with Crippen molar-refractivity contribution < 1.29 is 4.74 Å². The minimum Gasteiger partial charge on any atom is -0.474 e. The molecule has 2 N–H and O–H groups in total. The minimum absolute atomic E-state index is 0.265. The standard InChI is InChI=1S/C12H17ClN2O/c1-8-2-4-10(5-3-8)16-12-7-9(14)6-11(13)15-12/h6-8,10H,2-5H2,1H3,(H2,14,15). The summed E-state index contributed by atoms with van der Waals surface area (Å²) < 4.78 is 5.79. The molecular weight excluding hydrogens is 224 g/mol. The van der Waals surface area contributed by atoms with Gasteiger partial charge >= 0.3 is 0 Å². The highest BCUT2D eigenvalue weighted by Gasteiger charge is 2.20. The van der Waals surface area contributed by atoms with E-state index in [2.05, 4.69) is 11.9 Å². The maximum atomic E-state index is 5.82. The van der Waals surface area contributed by atoms with Gasteiger partial charge in [0.1, 0.15) is 11.3 Å². The van der Waals surface area contributed by atoms with Gasteiger partial charge in [-0.3, -0.25) is 0 Å². The molecule has 4 heteroatoms. The first-order valence-electron chi connectivity index (χ1n) is 5.73. The maximum Gasteiger partial charge on any atom is 0.217 e. The summed E-state index contributed by atoms with van der Waals surface area (Å²) in [5, 5.41) is 0.388. The molecule has 0 aromatic carbocycles. The molecule has 0 spiro atoms. The van der Waals surface area contributed by atoms with Gasteiger partial charge in [0.25, 0.3) is 0 Å². The van der Waals surface area contributed by atoms with Gasteiger partial charge < -0.3 is 10.5 Å². The number of halogens is 1. The van der Waals surface area contributed by atoms with E-state index < -0.39 is 0 Å². The van der Waals surface area contributed by atoms with Crippen molar-refractivity contribution in [2.45, 2.75) is 38.7 Å². The summed E-state index contributed by atoms with van der Waals surface area (Å²) >= 11 is 5.82. The molecule has 0 atom stereocenters. The molecule has 1 aliphatic rings. The molecule has 1 saturated carbocycles. The molecule has 1 fully saturated rings. The molecule has 88 valence electrons. The number of pyridine rings is 1. The van der Waals surface area contributed by atoms with Crippen LogP contribution >= 0.6 is 11.6 Å². The van der Waals surface area contributed by atoms with Crippen LogP contribution in [0.15, 0.2) is 12.1 Å². The lowest BCUT2D eigenvalue weighted by Gasteiger charge is -2.26. The first-order chi connectivity index (χ1) is 7.63. The lowest BCUT2D eigenvalue weighted by molar-refractivity contribution is 0.130. The number of ether oxygens (including phenoxy) is 1. The predicted octanol–water partition coefficient (Wildman–Crippen LogP) is 3.27. The fourth-order valence-electron chi connectivity index (χ4n) is 2.07. The van der Waals surface area contributed by atoms with E-state index in [0.717, 1.165) is 18.8 Å². The van der Waals surface area contributed by atoms with Gasteiger partial charge in [0.2, 0.25) is 5.88 Å². The van der Waals surface area contributed by atoms with Crippen molar-refractivity contribution in [2.24, 2.45) is 5.92 Å². The van der Waals surface area contributed by atoms with E-state index in [0.29, 0.717) is 16.7 Å². The zero-order chi connectivity index (χ0) is 11.5. The van der Waals surface area contributed by atoms with Gasteiger partial charge in [-0.25, -0.2) is 4.98 Å². The quantitative estimate of drug-likeness (QED) is 0.807. The third-order valence-corrected chi connectivity index (χ3v) is 3.24. The second-order valence-electron chi connectivity index (χ2n) is 4.56. The van der Waals surface area contributed by atoms with Gasteiger partial charge in [-0.2, -0.15) is 0 Å². The Morgan fingerprint density at radius 1 is 1.31 bits per heavy atom. The van der Waals surface area contributed by atoms with E-state index in [1.165, 1.54) is 12.8 Å². The van der Waals surface area contributed by atoms with E-state index in [4.69, 9.17) is 22.1 Å². The monoisotopic (exact) mass is 240 g/mol. The molecular formula is C12H17ClN2O. The normalized spacial score (nSPS) is 25.4. The summed E-state index contributed by atoms with van der Waals surface area (Å²) in [5.41, 5.74) is 6.28. The summed E-state index contributed by atoms with van der Waals surface area (Å²) in [6.07, 6.45) is 4.90. The lowest BCUT2D eigenvalue weighted by Crippen LogP contribution is -2.23. The van der Waals surface area contributed by atoms with Gasteiger partial charge in [-0.1, -0.05) is 18.5 Å². The Balaban J connectivity index is 1.98. The number of nitrogen functional groups attached to an aromatic ring is 1. The summed E-state index contributed by atoms with van der Waals surface area (Å²) in [6.45, 7) is 2.28. The zero-order valence-electron chi connectivity index (χ0n) is 9.45. The maximum absolute atomic E-state index is 5.82. The number of hydrogen-bond acceptors (Lipinski definition) is 3. The van der Waals surface area contributed by atoms with E-state index in [-0.39, 0.29) is 6.10 Å². The van der Waals surface area contributed by atoms with Crippen molar-refractivity contribution in [3.63, 3.8) is 0 Å². The molecule has 1 aromatic rings. The highest BCUT2D eigenvalue weighted by atomic mass is 35.5. The third kappa shape index (κ3) is 3.01. The lowest BCUT2D eigenvalue weighted by atomic mass is 9.89. The van der Waals surface area contributed by atoms with E-state index in [1.54, 1.807) is 12.1 Å². The molecule has 1 aromatic heterocycles. The largest absolute Gasteiger partial charge is 0.474 e. The Kier molecular flexibility index (Phi) is 3.54. The van der Waals surface area contributed by atoms with Crippen molar-refractivity contribution in [3.05, 3.63) is 17.3 Å². The first-order valence-corrected chi connectivity index (χ1v) is 6.11. The SMILES string of the molecule is CC1CCC(Oc2cc(N)cc(Cl)n2)CC1. The highest BCUT2D eigenvalue weighted by Crippen LogP contribution is 2.27.